The number of piperidine rings is 1. The average Bonchev–Trinajstić information content (AvgIpc) is 2.47. The summed E-state index contributed by atoms with van der Waals surface area (Å²) in [5.41, 5.74) is 0.771. The van der Waals surface area contributed by atoms with E-state index in [2.05, 4.69) is 0 Å². The van der Waals surface area contributed by atoms with Crippen LogP contribution in [0.25, 0.3) is 0 Å². The van der Waals surface area contributed by atoms with Crippen LogP contribution < -0.4 is 0 Å². The molecule has 1 aliphatic carbocycles. The Bertz CT molecular complexity index is 483. The SMILES string of the molecule is O=C1CC[C@H]2CN(C(=O)c3ccccc3)CC[C@@H]2C1. The zero-order valence-corrected chi connectivity index (χ0v) is 11.0. The van der Waals surface area contributed by atoms with Gasteiger partial charge in [-0.05, 0) is 36.8 Å². The highest BCUT2D eigenvalue weighted by Gasteiger charge is 2.35. The van der Waals surface area contributed by atoms with Gasteiger partial charge in [-0.1, -0.05) is 18.2 Å². The number of ketones is 1. The summed E-state index contributed by atoms with van der Waals surface area (Å²) in [5.74, 6) is 1.58. The molecule has 19 heavy (non-hydrogen) atoms. The van der Waals surface area contributed by atoms with Gasteiger partial charge in [0.25, 0.3) is 5.91 Å². The maximum Gasteiger partial charge on any atom is 0.253 e. The molecule has 1 heterocycles. The number of nitrogens with zero attached hydrogens (tertiary/aromatic N) is 1. The van der Waals surface area contributed by atoms with Gasteiger partial charge in [0.1, 0.15) is 5.78 Å². The van der Waals surface area contributed by atoms with Crippen LogP contribution in [0, 0.1) is 11.8 Å². The van der Waals surface area contributed by atoms with E-state index >= 15 is 0 Å². The first-order chi connectivity index (χ1) is 9.24. The van der Waals surface area contributed by atoms with E-state index < -0.39 is 0 Å². The van der Waals surface area contributed by atoms with Crippen molar-refractivity contribution in [2.45, 2.75) is 25.7 Å². The van der Waals surface area contributed by atoms with E-state index in [1.807, 2.05) is 35.2 Å². The number of Topliss-reactive ketones (excluding diaryl/α,β-unsaturated/α-hetero) is 1. The maximum absolute atomic E-state index is 12.4. The molecule has 1 aromatic carbocycles. The van der Waals surface area contributed by atoms with E-state index in [-0.39, 0.29) is 5.91 Å². The molecule has 3 rings (SSSR count). The highest BCUT2D eigenvalue weighted by molar-refractivity contribution is 5.94. The van der Waals surface area contributed by atoms with Crippen molar-refractivity contribution < 1.29 is 9.59 Å². The Morgan fingerprint density at radius 1 is 1.11 bits per heavy atom. The van der Waals surface area contributed by atoms with E-state index in [0.717, 1.165) is 37.9 Å². The summed E-state index contributed by atoms with van der Waals surface area (Å²) in [5, 5.41) is 0. The maximum atomic E-state index is 12.4. The van der Waals surface area contributed by atoms with Crippen molar-refractivity contribution >= 4 is 11.7 Å². The predicted octanol–water partition coefficient (Wildman–Crippen LogP) is 2.52. The highest BCUT2D eigenvalue weighted by Crippen LogP contribution is 2.35. The van der Waals surface area contributed by atoms with Crippen LogP contribution >= 0.6 is 0 Å². The number of hydrogen-bond donors (Lipinski definition) is 0. The Morgan fingerprint density at radius 3 is 2.68 bits per heavy atom. The van der Waals surface area contributed by atoms with Crippen LogP contribution in [0.5, 0.6) is 0 Å². The van der Waals surface area contributed by atoms with Crippen LogP contribution in [0.3, 0.4) is 0 Å². The summed E-state index contributed by atoms with van der Waals surface area (Å²) in [6, 6.07) is 9.48. The lowest BCUT2D eigenvalue weighted by Crippen LogP contribution is -2.45. The van der Waals surface area contributed by atoms with Gasteiger partial charge in [-0.3, -0.25) is 9.59 Å². The van der Waals surface area contributed by atoms with Gasteiger partial charge in [0.05, 0.1) is 0 Å². The molecule has 1 saturated heterocycles. The third-order valence-corrected chi connectivity index (χ3v) is 4.48. The largest absolute Gasteiger partial charge is 0.338 e. The summed E-state index contributed by atoms with van der Waals surface area (Å²) in [6.07, 6.45) is 3.38. The van der Waals surface area contributed by atoms with E-state index in [1.54, 1.807) is 0 Å². The molecule has 3 heteroatoms. The van der Waals surface area contributed by atoms with Gasteiger partial charge < -0.3 is 4.90 Å². The fourth-order valence-corrected chi connectivity index (χ4v) is 3.37. The first-order valence-electron chi connectivity index (χ1n) is 7.10. The zero-order chi connectivity index (χ0) is 13.2. The van der Waals surface area contributed by atoms with Crippen molar-refractivity contribution in [1.29, 1.82) is 0 Å². The fourth-order valence-electron chi connectivity index (χ4n) is 3.37. The third-order valence-electron chi connectivity index (χ3n) is 4.48. The average molecular weight is 257 g/mol. The number of hydrogen-bond acceptors (Lipinski definition) is 2. The molecule has 0 bridgehead atoms. The predicted molar refractivity (Wildman–Crippen MR) is 72.8 cm³/mol. The number of fused-ring (bicyclic) bond motifs is 1. The smallest absolute Gasteiger partial charge is 0.253 e. The van der Waals surface area contributed by atoms with E-state index in [9.17, 15) is 9.59 Å². The molecule has 1 saturated carbocycles. The Morgan fingerprint density at radius 2 is 1.89 bits per heavy atom. The van der Waals surface area contributed by atoms with Crippen molar-refractivity contribution in [1.82, 2.24) is 4.90 Å². The summed E-state index contributed by atoms with van der Waals surface area (Å²) in [7, 11) is 0. The number of amides is 1. The molecular weight excluding hydrogens is 238 g/mol. The van der Waals surface area contributed by atoms with Crippen LogP contribution in [-0.2, 0) is 4.79 Å². The first kappa shape index (κ1) is 12.4. The number of carbonyl (C=O) groups is 2. The molecule has 0 N–H and O–H groups in total. The normalized spacial score (nSPS) is 26.9. The quantitative estimate of drug-likeness (QED) is 0.775. The second-order valence-electron chi connectivity index (χ2n) is 5.71. The van der Waals surface area contributed by atoms with Crippen molar-refractivity contribution in [3.63, 3.8) is 0 Å². The molecule has 0 radical (unpaired) electrons. The molecule has 0 spiro atoms. The molecule has 1 aromatic rings. The molecule has 2 atom stereocenters. The van der Waals surface area contributed by atoms with Crippen LogP contribution in [0.2, 0.25) is 0 Å². The molecule has 0 aromatic heterocycles. The van der Waals surface area contributed by atoms with Gasteiger partial charge in [0, 0.05) is 31.5 Å². The molecule has 1 aliphatic heterocycles. The van der Waals surface area contributed by atoms with Gasteiger partial charge >= 0.3 is 0 Å². The fraction of sp³-hybridized carbons (Fsp3) is 0.500. The van der Waals surface area contributed by atoms with Gasteiger partial charge in [-0.25, -0.2) is 0 Å². The highest BCUT2D eigenvalue weighted by atomic mass is 16.2. The second-order valence-corrected chi connectivity index (χ2v) is 5.71. The summed E-state index contributed by atoms with van der Waals surface area (Å²) in [6.45, 7) is 1.62. The second kappa shape index (κ2) is 5.16. The minimum absolute atomic E-state index is 0.135. The molecular formula is C16H19NO2. The Kier molecular flexibility index (Phi) is 3.36. The van der Waals surface area contributed by atoms with Crippen LogP contribution in [-0.4, -0.2) is 29.7 Å². The van der Waals surface area contributed by atoms with Crippen LogP contribution in [0.15, 0.2) is 30.3 Å². The van der Waals surface area contributed by atoms with Crippen molar-refractivity contribution in [2.75, 3.05) is 13.1 Å². The van der Waals surface area contributed by atoms with Gasteiger partial charge in [0.15, 0.2) is 0 Å². The van der Waals surface area contributed by atoms with Gasteiger partial charge in [-0.15, -0.1) is 0 Å². The Labute approximate surface area is 113 Å². The van der Waals surface area contributed by atoms with Crippen molar-refractivity contribution in [2.24, 2.45) is 11.8 Å². The van der Waals surface area contributed by atoms with Crippen molar-refractivity contribution in [3.05, 3.63) is 35.9 Å². The lowest BCUT2D eigenvalue weighted by Gasteiger charge is -2.40. The summed E-state index contributed by atoms with van der Waals surface area (Å²) in [4.78, 5) is 25.8. The zero-order valence-electron chi connectivity index (χ0n) is 11.0. The van der Waals surface area contributed by atoms with Crippen molar-refractivity contribution in [3.8, 4) is 0 Å². The number of carbonyl (C=O) groups excluding carboxylic acids is 2. The van der Waals surface area contributed by atoms with Crippen LogP contribution in [0.4, 0.5) is 0 Å². The molecule has 2 aliphatic rings. The first-order valence-corrected chi connectivity index (χ1v) is 7.10. The minimum atomic E-state index is 0.135. The minimum Gasteiger partial charge on any atom is -0.338 e. The summed E-state index contributed by atoms with van der Waals surface area (Å²) < 4.78 is 0. The number of rotatable bonds is 1. The van der Waals surface area contributed by atoms with Gasteiger partial charge in [-0.2, -0.15) is 0 Å². The monoisotopic (exact) mass is 257 g/mol. The molecule has 100 valence electrons. The lowest BCUT2D eigenvalue weighted by atomic mass is 9.74. The number of likely N-dealkylation sites (tertiary alicyclic amines) is 1. The molecule has 1 amide bonds. The van der Waals surface area contributed by atoms with Crippen LogP contribution in [0.1, 0.15) is 36.0 Å². The Hall–Kier alpha value is -1.64. The number of benzene rings is 1. The van der Waals surface area contributed by atoms with E-state index in [1.165, 1.54) is 0 Å². The summed E-state index contributed by atoms with van der Waals surface area (Å²) >= 11 is 0. The topological polar surface area (TPSA) is 37.4 Å². The van der Waals surface area contributed by atoms with Gasteiger partial charge in [0.2, 0.25) is 0 Å². The molecule has 0 unspecified atom stereocenters. The van der Waals surface area contributed by atoms with E-state index in [4.69, 9.17) is 0 Å². The Balaban J connectivity index is 1.68. The standard InChI is InChI=1S/C16H19NO2/c18-15-7-6-14-11-17(9-8-13(14)10-15)16(19)12-4-2-1-3-5-12/h1-5,13-14H,6-11H2/t13-,14+/m1/s1. The molecule has 2 fully saturated rings. The molecule has 3 nitrogen and oxygen atoms in total. The van der Waals surface area contributed by atoms with E-state index in [0.29, 0.717) is 24.0 Å². The lowest BCUT2D eigenvalue weighted by molar-refractivity contribution is -0.123. The third kappa shape index (κ3) is 2.55.